The van der Waals surface area contributed by atoms with Gasteiger partial charge in [0.15, 0.2) is 0 Å². The zero-order valence-corrected chi connectivity index (χ0v) is 16.1. The van der Waals surface area contributed by atoms with Gasteiger partial charge in [0.25, 0.3) is 11.8 Å². The van der Waals surface area contributed by atoms with E-state index in [1.54, 1.807) is 30.3 Å². The molecule has 0 radical (unpaired) electrons. The molecule has 0 aliphatic carbocycles. The number of anilines is 1. The number of nitrogens with one attached hydrogen (secondary N) is 1. The number of amides is 4. The van der Waals surface area contributed by atoms with Crippen LogP contribution >= 0.6 is 0 Å². The van der Waals surface area contributed by atoms with Crippen molar-refractivity contribution in [3.05, 3.63) is 64.7 Å². The van der Waals surface area contributed by atoms with Crippen LogP contribution in [0.4, 0.5) is 10.5 Å². The minimum atomic E-state index is -0.748. The predicted octanol–water partition coefficient (Wildman–Crippen LogP) is 3.76. The monoisotopic (exact) mass is 378 g/mol. The smallest absolute Gasteiger partial charge is 0.335 e. The number of rotatable bonds is 5. The highest BCUT2D eigenvalue weighted by Gasteiger charge is 2.37. The molecule has 1 aliphatic rings. The van der Waals surface area contributed by atoms with Gasteiger partial charge in [-0.2, -0.15) is 0 Å². The minimum Gasteiger partial charge on any atom is -0.494 e. The fraction of sp³-hybridized carbons (Fsp3) is 0.227. The first kappa shape index (κ1) is 19.4. The van der Waals surface area contributed by atoms with E-state index in [2.05, 4.69) is 5.32 Å². The molecule has 144 valence electrons. The summed E-state index contributed by atoms with van der Waals surface area (Å²) in [6, 6.07) is 11.7. The Kier molecular flexibility index (Phi) is 5.59. The number of aryl methyl sites for hydroxylation is 2. The lowest BCUT2D eigenvalue weighted by atomic mass is 10.0. The maximum Gasteiger partial charge on any atom is 0.335 e. The second kappa shape index (κ2) is 8.08. The highest BCUT2D eigenvalue weighted by Crippen LogP contribution is 2.26. The number of urea groups is 1. The van der Waals surface area contributed by atoms with Crippen LogP contribution in [0.2, 0.25) is 0 Å². The molecule has 2 aromatic rings. The lowest BCUT2D eigenvalue weighted by Crippen LogP contribution is -2.54. The summed E-state index contributed by atoms with van der Waals surface area (Å²) in [7, 11) is 0. The van der Waals surface area contributed by atoms with Crippen molar-refractivity contribution in [2.45, 2.75) is 27.2 Å². The van der Waals surface area contributed by atoms with Gasteiger partial charge in [-0.15, -0.1) is 0 Å². The van der Waals surface area contributed by atoms with E-state index < -0.39 is 17.8 Å². The van der Waals surface area contributed by atoms with Crippen LogP contribution in [0.1, 0.15) is 30.0 Å². The number of hydrogen-bond donors (Lipinski definition) is 1. The normalized spacial score (nSPS) is 15.8. The number of benzene rings is 2. The number of carbonyl (C=O) groups excluding carboxylic acids is 3. The zero-order chi connectivity index (χ0) is 20.3. The van der Waals surface area contributed by atoms with E-state index in [-0.39, 0.29) is 5.57 Å². The fourth-order valence-corrected chi connectivity index (χ4v) is 2.98. The number of ether oxygens (including phenoxy) is 1. The molecule has 1 aliphatic heterocycles. The number of barbiturate groups is 1. The van der Waals surface area contributed by atoms with Crippen molar-refractivity contribution in [2.24, 2.45) is 0 Å². The van der Waals surface area contributed by atoms with Gasteiger partial charge in [-0.25, -0.2) is 9.69 Å². The summed E-state index contributed by atoms with van der Waals surface area (Å²) in [4.78, 5) is 38.5. The van der Waals surface area contributed by atoms with E-state index in [0.29, 0.717) is 17.9 Å². The Labute approximate surface area is 163 Å². The second-order valence-corrected chi connectivity index (χ2v) is 6.67. The molecule has 1 heterocycles. The third kappa shape index (κ3) is 3.96. The van der Waals surface area contributed by atoms with Crippen molar-refractivity contribution in [3.63, 3.8) is 0 Å². The third-order valence-electron chi connectivity index (χ3n) is 4.36. The first-order valence-electron chi connectivity index (χ1n) is 9.12. The molecule has 6 heteroatoms. The van der Waals surface area contributed by atoms with Crippen molar-refractivity contribution in [3.8, 4) is 5.75 Å². The molecule has 0 spiro atoms. The molecule has 0 unspecified atom stereocenters. The number of carbonyl (C=O) groups is 3. The largest absolute Gasteiger partial charge is 0.494 e. The van der Waals surface area contributed by atoms with E-state index in [0.717, 1.165) is 28.2 Å². The van der Waals surface area contributed by atoms with Crippen molar-refractivity contribution < 1.29 is 19.1 Å². The Morgan fingerprint density at radius 1 is 1.04 bits per heavy atom. The SMILES string of the molecule is CCCOc1ccc(/C=C2\C(=O)NC(=O)N(c3ccc(C)cc3C)C2=O)cc1. The number of nitrogens with zero attached hydrogens (tertiary/aromatic N) is 1. The van der Waals surface area contributed by atoms with Crippen LogP contribution in [0, 0.1) is 13.8 Å². The maximum absolute atomic E-state index is 12.9. The van der Waals surface area contributed by atoms with Crippen LogP contribution in [0.5, 0.6) is 5.75 Å². The van der Waals surface area contributed by atoms with Crippen molar-refractivity contribution in [1.29, 1.82) is 0 Å². The van der Waals surface area contributed by atoms with Gasteiger partial charge < -0.3 is 4.74 Å². The first-order chi connectivity index (χ1) is 13.4. The van der Waals surface area contributed by atoms with E-state index in [1.807, 2.05) is 32.9 Å². The van der Waals surface area contributed by atoms with Gasteiger partial charge in [-0.05, 0) is 55.7 Å². The van der Waals surface area contributed by atoms with Crippen molar-refractivity contribution >= 4 is 29.6 Å². The summed E-state index contributed by atoms with van der Waals surface area (Å²) in [6.07, 6.45) is 2.38. The van der Waals surface area contributed by atoms with Crippen LogP contribution in [-0.2, 0) is 9.59 Å². The highest BCUT2D eigenvalue weighted by molar-refractivity contribution is 6.39. The molecule has 1 saturated heterocycles. The Morgan fingerprint density at radius 2 is 1.75 bits per heavy atom. The Hall–Kier alpha value is -3.41. The lowest BCUT2D eigenvalue weighted by Gasteiger charge is -2.27. The molecule has 0 aromatic heterocycles. The standard InChI is InChI=1S/C22H22N2O4/c1-4-11-28-17-8-6-16(7-9-17)13-18-20(25)23-22(27)24(21(18)26)19-10-5-14(2)12-15(19)3/h5-10,12-13H,4,11H2,1-3H3,(H,23,25,27)/b18-13+. The summed E-state index contributed by atoms with van der Waals surface area (Å²) in [5, 5.41) is 2.24. The Balaban J connectivity index is 1.92. The summed E-state index contributed by atoms with van der Waals surface area (Å²) in [6.45, 7) is 6.39. The Morgan fingerprint density at radius 3 is 2.39 bits per heavy atom. The van der Waals surface area contributed by atoms with Gasteiger partial charge >= 0.3 is 6.03 Å². The number of hydrogen-bond acceptors (Lipinski definition) is 4. The first-order valence-corrected chi connectivity index (χ1v) is 9.12. The average Bonchev–Trinajstić information content (AvgIpc) is 2.66. The topological polar surface area (TPSA) is 75.7 Å². The van der Waals surface area contributed by atoms with Crippen molar-refractivity contribution in [1.82, 2.24) is 5.32 Å². The van der Waals surface area contributed by atoms with E-state index in [4.69, 9.17) is 4.74 Å². The molecule has 28 heavy (non-hydrogen) atoms. The van der Waals surface area contributed by atoms with Gasteiger partial charge in [0, 0.05) is 0 Å². The predicted molar refractivity (Wildman–Crippen MR) is 107 cm³/mol. The molecule has 3 rings (SSSR count). The number of imide groups is 2. The van der Waals surface area contributed by atoms with E-state index >= 15 is 0 Å². The summed E-state index contributed by atoms with van der Waals surface area (Å²) in [5.41, 5.74) is 2.81. The molecule has 1 fully saturated rings. The van der Waals surface area contributed by atoms with Gasteiger partial charge in [-0.1, -0.05) is 36.8 Å². The quantitative estimate of drug-likeness (QED) is 0.635. The fourth-order valence-electron chi connectivity index (χ4n) is 2.98. The molecule has 6 nitrogen and oxygen atoms in total. The average molecular weight is 378 g/mol. The van der Waals surface area contributed by atoms with Gasteiger partial charge in [0.1, 0.15) is 11.3 Å². The van der Waals surface area contributed by atoms with Crippen LogP contribution in [-0.4, -0.2) is 24.5 Å². The van der Waals surface area contributed by atoms with Crippen LogP contribution in [0.3, 0.4) is 0 Å². The molecule has 0 bridgehead atoms. The zero-order valence-electron chi connectivity index (χ0n) is 16.1. The van der Waals surface area contributed by atoms with Crippen LogP contribution in [0.25, 0.3) is 6.08 Å². The third-order valence-corrected chi connectivity index (χ3v) is 4.36. The second-order valence-electron chi connectivity index (χ2n) is 6.67. The van der Waals surface area contributed by atoms with Crippen LogP contribution < -0.4 is 15.0 Å². The highest BCUT2D eigenvalue weighted by atomic mass is 16.5. The molecular weight excluding hydrogens is 356 g/mol. The summed E-state index contributed by atoms with van der Waals surface area (Å²) >= 11 is 0. The minimum absolute atomic E-state index is 0.0956. The van der Waals surface area contributed by atoms with Crippen LogP contribution in [0.15, 0.2) is 48.0 Å². The van der Waals surface area contributed by atoms with E-state index in [1.165, 1.54) is 6.08 Å². The summed E-state index contributed by atoms with van der Waals surface area (Å²) < 4.78 is 5.53. The Bertz CT molecular complexity index is 961. The van der Waals surface area contributed by atoms with Gasteiger partial charge in [-0.3, -0.25) is 14.9 Å². The lowest BCUT2D eigenvalue weighted by molar-refractivity contribution is -0.122. The van der Waals surface area contributed by atoms with Crippen molar-refractivity contribution in [2.75, 3.05) is 11.5 Å². The molecule has 0 saturated carbocycles. The summed E-state index contributed by atoms with van der Waals surface area (Å²) in [5.74, 6) is -0.634. The van der Waals surface area contributed by atoms with Gasteiger partial charge in [0.2, 0.25) is 0 Å². The molecule has 0 atom stereocenters. The maximum atomic E-state index is 12.9. The van der Waals surface area contributed by atoms with Gasteiger partial charge in [0.05, 0.1) is 12.3 Å². The molecule has 2 aromatic carbocycles. The molecular formula is C22H22N2O4. The molecule has 1 N–H and O–H groups in total. The molecule has 4 amide bonds. The van der Waals surface area contributed by atoms with E-state index in [9.17, 15) is 14.4 Å².